The number of rotatable bonds is 2. The molecule has 0 unspecified atom stereocenters. The number of benzene rings is 1. The minimum atomic E-state index is 0.141. The Bertz CT molecular complexity index is 611. The Balaban J connectivity index is 2.32. The van der Waals surface area contributed by atoms with Crippen molar-refractivity contribution >= 4 is 41.3 Å². The molecule has 6 heteroatoms. The maximum Gasteiger partial charge on any atom is 0.240 e. The first-order chi connectivity index (χ1) is 8.56. The molecule has 1 aromatic heterocycles. The molecule has 0 bridgehead atoms. The summed E-state index contributed by atoms with van der Waals surface area (Å²) in [5, 5.41) is 8.72. The molecule has 0 aliphatic rings. The number of halogens is 2. The number of hydrogen-bond donors (Lipinski definition) is 1. The fraction of sp³-hybridized carbons (Fsp3) is 0.0833. The quantitative estimate of drug-likeness (QED) is 0.917. The van der Waals surface area contributed by atoms with E-state index in [9.17, 15) is 0 Å². The van der Waals surface area contributed by atoms with Crippen molar-refractivity contribution in [2.45, 2.75) is 6.92 Å². The number of nitrogens with zero attached hydrogens (tertiary/aromatic N) is 3. The minimum Gasteiger partial charge on any atom is -0.366 e. The van der Waals surface area contributed by atoms with E-state index < -0.39 is 0 Å². The van der Waals surface area contributed by atoms with E-state index in [2.05, 4.69) is 15.2 Å². The van der Waals surface area contributed by atoms with Crippen LogP contribution in [-0.2, 0) is 0 Å². The summed E-state index contributed by atoms with van der Waals surface area (Å²) >= 11 is 11.9. The molecule has 2 rings (SSSR count). The molecule has 92 valence electrons. The van der Waals surface area contributed by atoms with Crippen LogP contribution in [-0.4, -0.2) is 15.2 Å². The van der Waals surface area contributed by atoms with E-state index in [-0.39, 0.29) is 5.95 Å². The second-order valence-electron chi connectivity index (χ2n) is 3.64. The standard InChI is InChI=1S/C12H10Cl2N4/c1-7-11(16-12(15)18-17-7)5-3-8-2-4-9(13)6-10(8)14/h2-6H,1H3,(H2,15,16,18)/b5-3+. The molecule has 0 radical (unpaired) electrons. The summed E-state index contributed by atoms with van der Waals surface area (Å²) in [6.45, 7) is 1.81. The maximum absolute atomic E-state index is 6.06. The van der Waals surface area contributed by atoms with Gasteiger partial charge in [-0.2, -0.15) is 0 Å². The van der Waals surface area contributed by atoms with Crippen molar-refractivity contribution in [1.29, 1.82) is 0 Å². The summed E-state index contributed by atoms with van der Waals surface area (Å²) < 4.78 is 0. The van der Waals surface area contributed by atoms with Gasteiger partial charge in [0.2, 0.25) is 5.95 Å². The lowest BCUT2D eigenvalue weighted by atomic mass is 10.2. The molecule has 2 aromatic rings. The van der Waals surface area contributed by atoms with Crippen molar-refractivity contribution in [1.82, 2.24) is 15.2 Å². The number of anilines is 1. The Morgan fingerprint density at radius 1 is 1.17 bits per heavy atom. The van der Waals surface area contributed by atoms with Gasteiger partial charge in [-0.15, -0.1) is 10.2 Å². The summed E-state index contributed by atoms with van der Waals surface area (Å²) in [6.07, 6.45) is 3.62. The zero-order valence-corrected chi connectivity index (χ0v) is 11.1. The predicted octanol–water partition coefficient (Wildman–Crippen LogP) is 3.24. The number of aromatic nitrogens is 3. The molecule has 0 spiro atoms. The topological polar surface area (TPSA) is 64.7 Å². The van der Waals surface area contributed by atoms with Crippen molar-refractivity contribution < 1.29 is 0 Å². The lowest BCUT2D eigenvalue weighted by Crippen LogP contribution is -2.01. The van der Waals surface area contributed by atoms with Gasteiger partial charge in [0.05, 0.1) is 11.4 Å². The average molecular weight is 281 g/mol. The number of hydrogen-bond acceptors (Lipinski definition) is 4. The van der Waals surface area contributed by atoms with E-state index >= 15 is 0 Å². The Morgan fingerprint density at radius 3 is 2.67 bits per heavy atom. The number of aryl methyl sites for hydroxylation is 1. The molecule has 0 aliphatic carbocycles. The first-order valence-electron chi connectivity index (χ1n) is 5.16. The van der Waals surface area contributed by atoms with Crippen LogP contribution in [0.1, 0.15) is 17.0 Å². The molecule has 4 nitrogen and oxygen atoms in total. The largest absolute Gasteiger partial charge is 0.366 e. The second-order valence-corrected chi connectivity index (χ2v) is 4.48. The van der Waals surface area contributed by atoms with Crippen molar-refractivity contribution in [3.05, 3.63) is 45.2 Å². The zero-order chi connectivity index (χ0) is 13.1. The van der Waals surface area contributed by atoms with Crippen LogP contribution in [0.3, 0.4) is 0 Å². The van der Waals surface area contributed by atoms with Gasteiger partial charge in [0.15, 0.2) is 0 Å². The van der Waals surface area contributed by atoms with Crippen LogP contribution >= 0.6 is 23.2 Å². The normalized spacial score (nSPS) is 11.1. The highest BCUT2D eigenvalue weighted by Crippen LogP contribution is 2.22. The molecule has 1 aromatic carbocycles. The van der Waals surface area contributed by atoms with Gasteiger partial charge in [-0.05, 0) is 30.7 Å². The second kappa shape index (κ2) is 5.33. The molecule has 0 saturated heterocycles. The highest BCUT2D eigenvalue weighted by molar-refractivity contribution is 6.35. The first-order valence-corrected chi connectivity index (χ1v) is 5.92. The van der Waals surface area contributed by atoms with Gasteiger partial charge in [0, 0.05) is 10.0 Å². The lowest BCUT2D eigenvalue weighted by Gasteiger charge is -2.00. The van der Waals surface area contributed by atoms with E-state index in [0.29, 0.717) is 21.4 Å². The van der Waals surface area contributed by atoms with E-state index in [1.54, 1.807) is 18.2 Å². The van der Waals surface area contributed by atoms with E-state index in [1.807, 2.05) is 19.1 Å². The van der Waals surface area contributed by atoms with Gasteiger partial charge in [0.25, 0.3) is 0 Å². The summed E-state index contributed by atoms with van der Waals surface area (Å²) in [5.41, 5.74) is 7.69. The van der Waals surface area contributed by atoms with Gasteiger partial charge in [-0.3, -0.25) is 0 Å². The third-order valence-electron chi connectivity index (χ3n) is 2.29. The molecule has 1 heterocycles. The molecular weight excluding hydrogens is 271 g/mol. The molecule has 18 heavy (non-hydrogen) atoms. The van der Waals surface area contributed by atoms with Crippen LogP contribution in [0.4, 0.5) is 5.95 Å². The average Bonchev–Trinajstić information content (AvgIpc) is 2.32. The minimum absolute atomic E-state index is 0.141. The third kappa shape index (κ3) is 2.97. The van der Waals surface area contributed by atoms with Crippen LogP contribution in [0.25, 0.3) is 12.2 Å². The van der Waals surface area contributed by atoms with Gasteiger partial charge in [0.1, 0.15) is 0 Å². The zero-order valence-electron chi connectivity index (χ0n) is 9.56. The molecular formula is C12H10Cl2N4. The molecule has 0 fully saturated rings. The summed E-state index contributed by atoms with van der Waals surface area (Å²) in [4.78, 5) is 4.08. The van der Waals surface area contributed by atoms with Gasteiger partial charge < -0.3 is 5.73 Å². The van der Waals surface area contributed by atoms with Crippen molar-refractivity contribution in [3.8, 4) is 0 Å². The number of nitrogen functional groups attached to an aromatic ring is 1. The van der Waals surface area contributed by atoms with Crippen LogP contribution in [0, 0.1) is 6.92 Å². The Labute approximate surface area is 114 Å². The van der Waals surface area contributed by atoms with Crippen molar-refractivity contribution in [3.63, 3.8) is 0 Å². The third-order valence-corrected chi connectivity index (χ3v) is 2.85. The monoisotopic (exact) mass is 280 g/mol. The van der Waals surface area contributed by atoms with E-state index in [0.717, 1.165) is 5.56 Å². The lowest BCUT2D eigenvalue weighted by molar-refractivity contribution is 0.932. The molecule has 0 saturated carbocycles. The maximum atomic E-state index is 6.06. The van der Waals surface area contributed by atoms with Crippen LogP contribution in [0.2, 0.25) is 10.0 Å². The predicted molar refractivity (Wildman–Crippen MR) is 74.4 cm³/mol. The highest BCUT2D eigenvalue weighted by Gasteiger charge is 2.01. The Hall–Kier alpha value is -1.65. The fourth-order valence-corrected chi connectivity index (χ4v) is 1.84. The van der Waals surface area contributed by atoms with Gasteiger partial charge >= 0.3 is 0 Å². The summed E-state index contributed by atoms with van der Waals surface area (Å²) in [7, 11) is 0. The molecule has 0 aliphatic heterocycles. The molecule has 0 amide bonds. The Morgan fingerprint density at radius 2 is 1.94 bits per heavy atom. The summed E-state index contributed by atoms with van der Waals surface area (Å²) in [6, 6.07) is 5.28. The van der Waals surface area contributed by atoms with E-state index in [4.69, 9.17) is 28.9 Å². The Kier molecular flexibility index (Phi) is 3.79. The fourth-order valence-electron chi connectivity index (χ4n) is 1.37. The molecule has 2 N–H and O–H groups in total. The SMILES string of the molecule is Cc1nnc(N)nc1/C=C/c1ccc(Cl)cc1Cl. The highest BCUT2D eigenvalue weighted by atomic mass is 35.5. The van der Waals surface area contributed by atoms with Crippen molar-refractivity contribution in [2.24, 2.45) is 0 Å². The van der Waals surface area contributed by atoms with Crippen LogP contribution in [0.15, 0.2) is 18.2 Å². The van der Waals surface area contributed by atoms with Crippen LogP contribution < -0.4 is 5.73 Å². The van der Waals surface area contributed by atoms with Crippen LogP contribution in [0.5, 0.6) is 0 Å². The van der Waals surface area contributed by atoms with Gasteiger partial charge in [-0.25, -0.2) is 4.98 Å². The van der Waals surface area contributed by atoms with Crippen molar-refractivity contribution in [2.75, 3.05) is 5.73 Å². The number of nitrogens with two attached hydrogens (primary N) is 1. The van der Waals surface area contributed by atoms with Gasteiger partial charge in [-0.1, -0.05) is 35.3 Å². The first kappa shape index (κ1) is 12.8. The summed E-state index contributed by atoms with van der Waals surface area (Å²) in [5.74, 6) is 0.141. The molecule has 0 atom stereocenters. The smallest absolute Gasteiger partial charge is 0.240 e. The van der Waals surface area contributed by atoms with E-state index in [1.165, 1.54) is 0 Å².